The molecule has 0 radical (unpaired) electrons. The number of aliphatic carboxylic acids is 1. The van der Waals surface area contributed by atoms with Crippen LogP contribution in [0.4, 0.5) is 32.3 Å². The van der Waals surface area contributed by atoms with Crippen LogP contribution in [0.15, 0.2) is 40.7 Å². The third-order valence-electron chi connectivity index (χ3n) is 5.48. The predicted molar refractivity (Wildman–Crippen MR) is 143 cm³/mol. The van der Waals surface area contributed by atoms with Gasteiger partial charge in [-0.05, 0) is 46.8 Å². The number of carbonyl (C=O) groups excluding carboxylic acids is 2. The molecule has 1 aliphatic heterocycles. The molecule has 2 amide bonds. The number of carboxylic acid groups (broad SMARTS) is 1. The fourth-order valence-electron chi connectivity index (χ4n) is 3.61. The van der Waals surface area contributed by atoms with Crippen LogP contribution >= 0.6 is 35.3 Å². The highest BCUT2D eigenvalue weighted by Gasteiger charge is 2.37. The van der Waals surface area contributed by atoms with Crippen molar-refractivity contribution in [2.75, 3.05) is 11.9 Å². The van der Waals surface area contributed by atoms with Crippen LogP contribution in [0.1, 0.15) is 28.1 Å². The molecule has 8 nitrogen and oxygen atoms in total. The van der Waals surface area contributed by atoms with Crippen LogP contribution in [0.2, 0.25) is 0 Å². The number of thiocarbonyl (C=S) groups is 1. The minimum Gasteiger partial charge on any atom is -0.481 e. The Morgan fingerprint density at radius 1 is 1.07 bits per heavy atom. The van der Waals surface area contributed by atoms with Crippen molar-refractivity contribution in [2.24, 2.45) is 0 Å². The molecule has 2 aromatic heterocycles. The number of hydrogen-bond acceptors (Lipinski definition) is 7. The topological polar surface area (TPSA) is 115 Å². The smallest absolute Gasteiger partial charge is 0.416 e. The van der Waals surface area contributed by atoms with Gasteiger partial charge in [-0.3, -0.25) is 24.6 Å². The number of amides is 2. The number of halogens is 6. The summed E-state index contributed by atoms with van der Waals surface area (Å²) in [5, 5.41) is 12.6. The summed E-state index contributed by atoms with van der Waals surface area (Å²) < 4.78 is 79.5. The van der Waals surface area contributed by atoms with E-state index in [1.165, 1.54) is 28.6 Å². The number of nitrogens with one attached hydrogen (secondary N) is 2. The van der Waals surface area contributed by atoms with Gasteiger partial charge in [0.2, 0.25) is 11.9 Å². The van der Waals surface area contributed by atoms with E-state index in [1.807, 2.05) is 0 Å². The number of H-pyrrole nitrogens is 1. The van der Waals surface area contributed by atoms with Crippen LogP contribution in [0.25, 0.3) is 17.2 Å². The Kier molecular flexibility index (Phi) is 8.60. The van der Waals surface area contributed by atoms with E-state index in [2.05, 4.69) is 15.3 Å². The largest absolute Gasteiger partial charge is 0.481 e. The number of nitrogens with zero attached hydrogens (tertiary/aromatic N) is 2. The van der Waals surface area contributed by atoms with Crippen molar-refractivity contribution < 1.29 is 45.8 Å². The molecule has 1 aliphatic rings. The van der Waals surface area contributed by atoms with Gasteiger partial charge in [0, 0.05) is 23.5 Å². The van der Waals surface area contributed by atoms with Crippen LogP contribution < -0.4 is 5.32 Å². The summed E-state index contributed by atoms with van der Waals surface area (Å²) in [6.07, 6.45) is -7.78. The molecule has 1 fully saturated rings. The predicted octanol–water partition coefficient (Wildman–Crippen LogP) is 6.03. The van der Waals surface area contributed by atoms with Gasteiger partial charge in [0.25, 0.3) is 5.91 Å². The second kappa shape index (κ2) is 11.7. The van der Waals surface area contributed by atoms with E-state index in [9.17, 15) is 40.7 Å². The number of benzene rings is 1. The molecule has 0 spiro atoms. The molecule has 1 saturated heterocycles. The van der Waals surface area contributed by atoms with Gasteiger partial charge in [-0.25, -0.2) is 4.98 Å². The van der Waals surface area contributed by atoms with Gasteiger partial charge < -0.3 is 10.1 Å². The van der Waals surface area contributed by atoms with Gasteiger partial charge in [0.1, 0.15) is 4.32 Å². The molecule has 3 N–H and O–H groups in total. The highest BCUT2D eigenvalue weighted by molar-refractivity contribution is 8.26. The van der Waals surface area contributed by atoms with E-state index in [0.29, 0.717) is 17.0 Å². The number of hydrogen-bond donors (Lipinski definition) is 3. The molecule has 1 aromatic carbocycles. The molecular formula is C24H16F6N4O4S3. The lowest BCUT2D eigenvalue weighted by Crippen LogP contribution is -2.31. The van der Waals surface area contributed by atoms with E-state index >= 15 is 0 Å². The van der Waals surface area contributed by atoms with Crippen molar-refractivity contribution in [1.29, 1.82) is 0 Å². The summed E-state index contributed by atoms with van der Waals surface area (Å²) in [4.78, 5) is 44.1. The van der Waals surface area contributed by atoms with Crippen LogP contribution in [0.5, 0.6) is 0 Å². The molecule has 3 aromatic rings. The molecule has 216 valence electrons. The first-order valence-corrected chi connectivity index (χ1v) is 13.4. The third-order valence-corrected chi connectivity index (χ3v) is 7.74. The summed E-state index contributed by atoms with van der Waals surface area (Å²) in [7, 11) is 0. The van der Waals surface area contributed by atoms with Crippen LogP contribution in [0.3, 0.4) is 0 Å². The second-order valence-corrected chi connectivity index (χ2v) is 11.1. The number of aromatic amines is 1. The molecule has 0 unspecified atom stereocenters. The first-order valence-electron chi connectivity index (χ1n) is 11.3. The van der Waals surface area contributed by atoms with Crippen molar-refractivity contribution in [1.82, 2.24) is 14.9 Å². The molecule has 4 rings (SSSR count). The van der Waals surface area contributed by atoms with Crippen LogP contribution in [-0.4, -0.2) is 48.6 Å². The lowest BCUT2D eigenvalue weighted by Gasteiger charge is -2.13. The zero-order chi connectivity index (χ0) is 30.1. The number of thiophene rings is 1. The molecule has 0 aliphatic carbocycles. The van der Waals surface area contributed by atoms with Crippen molar-refractivity contribution in [3.05, 3.63) is 62.4 Å². The number of thioether (sulfide) groups is 1. The lowest BCUT2D eigenvalue weighted by molar-refractivity contribution is -0.143. The zero-order valence-electron chi connectivity index (χ0n) is 20.2. The van der Waals surface area contributed by atoms with E-state index in [-0.39, 0.29) is 57.4 Å². The molecule has 0 bridgehead atoms. The fraction of sp³-hybridized carbons (Fsp3) is 0.208. The lowest BCUT2D eigenvalue weighted by atomic mass is 10.0. The SMILES string of the molecule is O=C(O)Cc1cnc(NC(=O)CCN2C(=O)C(=Cc3cc(-c4cc(C(F)(F)F)cc(C(F)(F)F)c4)cs3)SC2=S)[nH]1. The summed E-state index contributed by atoms with van der Waals surface area (Å²) in [6, 6.07) is 2.67. The maximum Gasteiger partial charge on any atom is 0.416 e. The van der Waals surface area contributed by atoms with Crippen molar-refractivity contribution in [3.8, 4) is 11.1 Å². The van der Waals surface area contributed by atoms with Gasteiger partial charge in [0.15, 0.2) is 0 Å². The monoisotopic (exact) mass is 634 g/mol. The summed E-state index contributed by atoms with van der Waals surface area (Å²) in [5.74, 6) is -2.10. The molecule has 0 atom stereocenters. The number of aromatic nitrogens is 2. The average Bonchev–Trinajstić information content (AvgIpc) is 3.57. The summed E-state index contributed by atoms with van der Waals surface area (Å²) in [6.45, 7) is -0.0866. The number of carboxylic acids is 1. The molecular weight excluding hydrogens is 618 g/mol. The fourth-order valence-corrected chi connectivity index (χ4v) is 5.83. The van der Waals surface area contributed by atoms with Gasteiger partial charge in [-0.15, -0.1) is 11.3 Å². The minimum absolute atomic E-state index is 0.0353. The van der Waals surface area contributed by atoms with Crippen LogP contribution in [0, 0.1) is 0 Å². The van der Waals surface area contributed by atoms with Crippen molar-refractivity contribution in [2.45, 2.75) is 25.2 Å². The summed E-state index contributed by atoms with van der Waals surface area (Å²) in [5.41, 5.74) is -2.77. The average molecular weight is 635 g/mol. The maximum absolute atomic E-state index is 13.2. The van der Waals surface area contributed by atoms with E-state index in [1.54, 1.807) is 0 Å². The zero-order valence-corrected chi connectivity index (χ0v) is 22.7. The Hall–Kier alpha value is -3.70. The van der Waals surface area contributed by atoms with Gasteiger partial charge >= 0.3 is 18.3 Å². The Bertz CT molecular complexity index is 1530. The third kappa shape index (κ3) is 7.53. The second-order valence-electron chi connectivity index (χ2n) is 8.49. The Labute approximate surface area is 240 Å². The molecule has 41 heavy (non-hydrogen) atoms. The van der Waals surface area contributed by atoms with Crippen LogP contribution in [-0.2, 0) is 33.2 Å². The number of rotatable bonds is 8. The van der Waals surface area contributed by atoms with E-state index in [4.69, 9.17) is 17.3 Å². The first kappa shape index (κ1) is 30.3. The van der Waals surface area contributed by atoms with Crippen molar-refractivity contribution in [3.63, 3.8) is 0 Å². The number of imidazole rings is 1. The van der Waals surface area contributed by atoms with E-state index in [0.717, 1.165) is 23.1 Å². The Morgan fingerprint density at radius 3 is 2.34 bits per heavy atom. The number of carbonyl (C=O) groups is 3. The minimum atomic E-state index is -4.99. The normalized spacial score (nSPS) is 15.2. The Balaban J connectivity index is 1.44. The van der Waals surface area contributed by atoms with Crippen molar-refractivity contribution >= 4 is 69.4 Å². The Morgan fingerprint density at radius 2 is 1.73 bits per heavy atom. The van der Waals surface area contributed by atoms with Gasteiger partial charge in [-0.2, -0.15) is 26.3 Å². The number of alkyl halides is 6. The highest BCUT2D eigenvalue weighted by atomic mass is 32.2. The quantitative estimate of drug-likeness (QED) is 0.157. The standard InChI is InChI=1S/C24H16F6N4O4S3/c25-23(26,27)13-3-11(4-14(6-13)24(28,29)30)12-5-16(40-10-12)8-17-20(38)34(22(39)41-17)2-1-18(35)33-21-31-9-15(32-21)7-19(36)37/h3-6,8-10H,1-2,7H2,(H,36,37)(H2,31,32,33,35). The molecule has 3 heterocycles. The summed E-state index contributed by atoms with van der Waals surface area (Å²) >= 11 is 7.17. The molecule has 0 saturated carbocycles. The first-order chi connectivity index (χ1) is 19.1. The van der Waals surface area contributed by atoms with Gasteiger partial charge in [-0.1, -0.05) is 24.0 Å². The number of anilines is 1. The molecule has 17 heteroatoms. The maximum atomic E-state index is 13.2. The highest BCUT2D eigenvalue weighted by Crippen LogP contribution is 2.40. The van der Waals surface area contributed by atoms with Gasteiger partial charge in [0.05, 0.1) is 28.6 Å². The van der Waals surface area contributed by atoms with E-state index < -0.39 is 41.3 Å².